The van der Waals surface area contributed by atoms with Crippen LogP contribution in [-0.2, 0) is 15.9 Å². The number of hydrogen-bond donors (Lipinski definition) is 0. The van der Waals surface area contributed by atoms with Crippen molar-refractivity contribution in [3.8, 4) is 5.75 Å². The van der Waals surface area contributed by atoms with E-state index < -0.39 is 0 Å². The first kappa shape index (κ1) is 17.6. The molecule has 0 bridgehead atoms. The van der Waals surface area contributed by atoms with Gasteiger partial charge in [-0.1, -0.05) is 36.7 Å². The van der Waals surface area contributed by atoms with Gasteiger partial charge < -0.3 is 14.2 Å². The molecule has 2 aromatic carbocycles. The molecule has 0 aromatic heterocycles. The zero-order chi connectivity index (χ0) is 17.6. The van der Waals surface area contributed by atoms with Crippen LogP contribution in [0.2, 0.25) is 5.02 Å². The van der Waals surface area contributed by atoms with E-state index in [1.54, 1.807) is 12.3 Å². The molecule has 0 N–H and O–H groups in total. The number of halogens is 2. The van der Waals surface area contributed by atoms with Crippen molar-refractivity contribution in [1.82, 2.24) is 0 Å². The van der Waals surface area contributed by atoms with Crippen molar-refractivity contribution in [3.05, 3.63) is 76.5 Å². The minimum Gasteiger partial charge on any atom is -0.484 e. The van der Waals surface area contributed by atoms with Crippen LogP contribution >= 0.6 is 11.6 Å². The van der Waals surface area contributed by atoms with Crippen LogP contribution in [0, 0.1) is 5.82 Å². The first-order valence-electron chi connectivity index (χ1n) is 8.31. The first-order chi connectivity index (χ1) is 12.1. The summed E-state index contributed by atoms with van der Waals surface area (Å²) in [6.07, 6.45) is 3.82. The van der Waals surface area contributed by atoms with E-state index in [0.717, 1.165) is 24.0 Å². The second-order valence-corrected chi connectivity index (χ2v) is 6.32. The molecule has 0 amide bonds. The molecule has 0 spiro atoms. The summed E-state index contributed by atoms with van der Waals surface area (Å²) < 4.78 is 30.0. The van der Waals surface area contributed by atoms with Crippen LogP contribution in [0.1, 0.15) is 30.9 Å². The van der Waals surface area contributed by atoms with Crippen molar-refractivity contribution in [2.45, 2.75) is 32.5 Å². The maximum atomic E-state index is 13.3. The quantitative estimate of drug-likeness (QED) is 0.654. The van der Waals surface area contributed by atoms with Gasteiger partial charge in [-0.05, 0) is 48.2 Å². The van der Waals surface area contributed by atoms with Crippen LogP contribution in [0.3, 0.4) is 0 Å². The van der Waals surface area contributed by atoms with Crippen molar-refractivity contribution >= 4 is 11.6 Å². The maximum Gasteiger partial charge on any atom is 0.240 e. The van der Waals surface area contributed by atoms with E-state index >= 15 is 0 Å². The third-order valence-electron chi connectivity index (χ3n) is 3.82. The highest BCUT2D eigenvalue weighted by molar-refractivity contribution is 6.32. The van der Waals surface area contributed by atoms with Gasteiger partial charge in [0.05, 0.1) is 5.02 Å². The van der Waals surface area contributed by atoms with Crippen LogP contribution < -0.4 is 4.74 Å². The van der Waals surface area contributed by atoms with Crippen LogP contribution in [-0.4, -0.2) is 12.9 Å². The molecule has 5 heteroatoms. The molecule has 1 aliphatic rings. The number of rotatable bonds is 7. The molecule has 0 aliphatic carbocycles. The maximum absolute atomic E-state index is 13.3. The number of benzene rings is 2. The van der Waals surface area contributed by atoms with Gasteiger partial charge in [0.25, 0.3) is 0 Å². The van der Waals surface area contributed by atoms with Crippen molar-refractivity contribution in [2.75, 3.05) is 6.61 Å². The molecule has 1 atom stereocenters. The van der Waals surface area contributed by atoms with E-state index in [1.807, 2.05) is 24.3 Å². The summed E-state index contributed by atoms with van der Waals surface area (Å²) >= 11 is 6.30. The van der Waals surface area contributed by atoms with Crippen LogP contribution in [0.5, 0.6) is 5.75 Å². The van der Waals surface area contributed by atoms with Gasteiger partial charge in [-0.3, -0.25) is 0 Å². The molecule has 0 fully saturated rings. The Hall–Kier alpha value is -2.20. The van der Waals surface area contributed by atoms with Crippen LogP contribution in [0.15, 0.2) is 54.5 Å². The summed E-state index contributed by atoms with van der Waals surface area (Å²) in [7, 11) is 0. The fourth-order valence-electron chi connectivity index (χ4n) is 2.61. The molecule has 0 saturated heterocycles. The molecule has 25 heavy (non-hydrogen) atoms. The monoisotopic (exact) mass is 362 g/mol. The Morgan fingerprint density at radius 2 is 2.00 bits per heavy atom. The van der Waals surface area contributed by atoms with Gasteiger partial charge in [-0.2, -0.15) is 0 Å². The predicted octanol–water partition coefficient (Wildman–Crippen LogP) is 5.46. The van der Waals surface area contributed by atoms with Gasteiger partial charge in [-0.15, -0.1) is 0 Å². The lowest BCUT2D eigenvalue weighted by molar-refractivity contribution is -0.0413. The molecule has 132 valence electrons. The lowest BCUT2D eigenvalue weighted by atomic mass is 10.0. The van der Waals surface area contributed by atoms with Crippen LogP contribution in [0.25, 0.3) is 0 Å². The first-order valence-corrected chi connectivity index (χ1v) is 8.68. The molecule has 0 radical (unpaired) electrons. The Bertz CT molecular complexity index is 760. The lowest BCUT2D eigenvalue weighted by Crippen LogP contribution is -2.10. The Kier molecular flexibility index (Phi) is 5.82. The third-order valence-corrected chi connectivity index (χ3v) is 4.12. The van der Waals surface area contributed by atoms with Gasteiger partial charge in [0.1, 0.15) is 24.4 Å². The second-order valence-electron chi connectivity index (χ2n) is 5.92. The molecule has 1 unspecified atom stereocenters. The third kappa shape index (κ3) is 4.89. The summed E-state index contributed by atoms with van der Waals surface area (Å²) in [5.74, 6) is 0.989. The minimum atomic E-state index is -0.239. The fraction of sp³-hybridized carbons (Fsp3) is 0.300. The molecule has 3 nitrogen and oxygen atoms in total. The van der Waals surface area contributed by atoms with Crippen molar-refractivity contribution < 1.29 is 18.6 Å². The van der Waals surface area contributed by atoms with E-state index in [9.17, 15) is 4.39 Å². The topological polar surface area (TPSA) is 27.7 Å². The summed E-state index contributed by atoms with van der Waals surface area (Å²) in [6, 6.07) is 12.1. The Morgan fingerprint density at radius 1 is 1.16 bits per heavy atom. The highest BCUT2D eigenvalue weighted by Gasteiger charge is 2.19. The highest BCUT2D eigenvalue weighted by atomic mass is 35.5. The molecular weight excluding hydrogens is 343 g/mol. The molecule has 3 rings (SSSR count). The molecule has 0 saturated carbocycles. The molecule has 1 heterocycles. The van der Waals surface area contributed by atoms with Gasteiger partial charge in [-0.25, -0.2) is 4.39 Å². The van der Waals surface area contributed by atoms with E-state index in [-0.39, 0.29) is 18.7 Å². The Balaban J connectivity index is 1.57. The summed E-state index contributed by atoms with van der Waals surface area (Å²) in [6.45, 7) is 2.34. The van der Waals surface area contributed by atoms with E-state index in [1.165, 1.54) is 12.1 Å². The number of ether oxygens (including phenoxy) is 3. The van der Waals surface area contributed by atoms with Crippen molar-refractivity contribution in [1.29, 1.82) is 0 Å². The van der Waals surface area contributed by atoms with E-state index in [0.29, 0.717) is 23.0 Å². The van der Waals surface area contributed by atoms with Crippen molar-refractivity contribution in [2.24, 2.45) is 0 Å². The normalized spacial score (nSPS) is 16.1. The summed E-state index contributed by atoms with van der Waals surface area (Å²) in [5.41, 5.74) is 1.89. The van der Waals surface area contributed by atoms with Crippen molar-refractivity contribution in [3.63, 3.8) is 0 Å². The van der Waals surface area contributed by atoms with Gasteiger partial charge >= 0.3 is 0 Å². The molecule has 2 aromatic rings. The van der Waals surface area contributed by atoms with Gasteiger partial charge in [0.2, 0.25) is 6.29 Å². The largest absolute Gasteiger partial charge is 0.484 e. The van der Waals surface area contributed by atoms with Gasteiger partial charge in [0, 0.05) is 6.42 Å². The van der Waals surface area contributed by atoms with Gasteiger partial charge in [0.15, 0.2) is 5.76 Å². The predicted molar refractivity (Wildman–Crippen MR) is 95.1 cm³/mol. The number of hydrogen-bond acceptors (Lipinski definition) is 3. The SMILES string of the molecule is CCCC1OC=C(COc2ccc(Cc3cccc(F)c3)cc2Cl)O1. The van der Waals surface area contributed by atoms with E-state index in [2.05, 4.69) is 6.92 Å². The lowest BCUT2D eigenvalue weighted by Gasteiger charge is -2.12. The summed E-state index contributed by atoms with van der Waals surface area (Å²) in [4.78, 5) is 0. The average molecular weight is 363 g/mol. The van der Waals surface area contributed by atoms with Crippen LogP contribution in [0.4, 0.5) is 4.39 Å². The standard InChI is InChI=1S/C20H20ClFO3/c1-2-4-20-24-13-17(25-20)12-23-19-8-7-15(11-18(19)21)9-14-5-3-6-16(22)10-14/h3,5-8,10-11,13,20H,2,4,9,12H2,1H3. The fourth-order valence-corrected chi connectivity index (χ4v) is 2.87. The van der Waals surface area contributed by atoms with E-state index in [4.69, 9.17) is 25.8 Å². The molecule has 1 aliphatic heterocycles. The minimum absolute atomic E-state index is 0.215. The Morgan fingerprint density at radius 3 is 2.76 bits per heavy atom. The summed E-state index contributed by atoms with van der Waals surface area (Å²) in [5, 5.41) is 0.513. The zero-order valence-corrected chi connectivity index (χ0v) is 14.8. The smallest absolute Gasteiger partial charge is 0.240 e. The highest BCUT2D eigenvalue weighted by Crippen LogP contribution is 2.28. The zero-order valence-electron chi connectivity index (χ0n) is 14.0. The second kappa shape index (κ2) is 8.26. The molecular formula is C20H20ClFO3. The average Bonchev–Trinajstić information content (AvgIpc) is 3.02. The Labute approximate surface area is 152 Å².